The molecule has 0 spiro atoms. The Hall–Kier alpha value is -0.870. The van der Waals surface area contributed by atoms with Crippen molar-refractivity contribution in [2.24, 2.45) is 7.05 Å². The number of nitrogens with zero attached hydrogens (tertiary/aromatic N) is 2. The number of nitrogens with one attached hydrogen (secondary N) is 1. The zero-order valence-corrected chi connectivity index (χ0v) is 9.82. The highest BCUT2D eigenvalue weighted by Gasteiger charge is 2.20. The summed E-state index contributed by atoms with van der Waals surface area (Å²) in [5.41, 5.74) is 0.000694. The first-order valence-electron chi connectivity index (χ1n) is 5.43. The van der Waals surface area contributed by atoms with Crippen LogP contribution < -0.4 is 5.32 Å². The van der Waals surface area contributed by atoms with E-state index < -0.39 is 0 Å². The Labute approximate surface area is 91.3 Å². The fraction of sp³-hybridized carbons (Fsp3) is 0.727. The van der Waals surface area contributed by atoms with E-state index in [1.54, 1.807) is 6.20 Å². The highest BCUT2D eigenvalue weighted by molar-refractivity contribution is 4.93. The van der Waals surface area contributed by atoms with Crippen molar-refractivity contribution in [1.82, 2.24) is 14.9 Å². The summed E-state index contributed by atoms with van der Waals surface area (Å²) in [6.07, 6.45) is 5.50. The van der Waals surface area contributed by atoms with Crippen molar-refractivity contribution in [3.05, 3.63) is 18.2 Å². The van der Waals surface area contributed by atoms with Crippen LogP contribution in [-0.4, -0.2) is 26.8 Å². The number of hydrogen-bond acceptors (Lipinski definition) is 3. The fourth-order valence-corrected chi connectivity index (χ4v) is 1.50. The van der Waals surface area contributed by atoms with Crippen LogP contribution in [0.15, 0.2) is 12.4 Å². The third kappa shape index (κ3) is 3.32. The molecule has 0 fully saturated rings. The molecule has 86 valence electrons. The van der Waals surface area contributed by atoms with Crippen molar-refractivity contribution in [3.63, 3.8) is 0 Å². The van der Waals surface area contributed by atoms with Gasteiger partial charge in [0.2, 0.25) is 0 Å². The predicted octanol–water partition coefficient (Wildman–Crippen LogP) is 1.06. The molecule has 1 aromatic rings. The fourth-order valence-electron chi connectivity index (χ4n) is 1.50. The molecule has 4 heteroatoms. The molecule has 2 N–H and O–H groups in total. The Balaban J connectivity index is 2.51. The summed E-state index contributed by atoms with van der Waals surface area (Å²) < 4.78 is 2.00. The van der Waals surface area contributed by atoms with Gasteiger partial charge in [0.15, 0.2) is 0 Å². The second-order valence-corrected chi connectivity index (χ2v) is 4.20. The minimum atomic E-state index is 0.000694. The van der Waals surface area contributed by atoms with Crippen molar-refractivity contribution >= 4 is 0 Å². The number of hydrogen-bond donors (Lipinski definition) is 2. The standard InChI is InChI=1S/C11H21N3O/c1-4-11(2,5-8-15)13-9-10-12-6-7-14(10)3/h6-7,13,15H,4-5,8-9H2,1-3H3/t11-/m0/s1. The number of rotatable bonds is 6. The van der Waals surface area contributed by atoms with Crippen molar-refractivity contribution < 1.29 is 5.11 Å². The SMILES string of the molecule is CC[C@@](C)(CCO)NCc1nccn1C. The lowest BCUT2D eigenvalue weighted by Gasteiger charge is -2.28. The van der Waals surface area contributed by atoms with Gasteiger partial charge in [0.05, 0.1) is 6.54 Å². The molecule has 4 nitrogen and oxygen atoms in total. The molecule has 0 saturated carbocycles. The largest absolute Gasteiger partial charge is 0.396 e. The van der Waals surface area contributed by atoms with Crippen LogP contribution >= 0.6 is 0 Å². The van der Waals surface area contributed by atoms with Crippen LogP contribution in [-0.2, 0) is 13.6 Å². The van der Waals surface area contributed by atoms with Crippen LogP contribution in [0.3, 0.4) is 0 Å². The zero-order valence-electron chi connectivity index (χ0n) is 9.82. The van der Waals surface area contributed by atoms with Gasteiger partial charge < -0.3 is 15.0 Å². The van der Waals surface area contributed by atoms with Gasteiger partial charge in [0.25, 0.3) is 0 Å². The van der Waals surface area contributed by atoms with Crippen LogP contribution in [0.2, 0.25) is 0 Å². The monoisotopic (exact) mass is 211 g/mol. The molecular formula is C11H21N3O. The minimum Gasteiger partial charge on any atom is -0.396 e. The van der Waals surface area contributed by atoms with Gasteiger partial charge in [-0.05, 0) is 19.8 Å². The maximum Gasteiger partial charge on any atom is 0.122 e. The Morgan fingerprint density at radius 1 is 1.60 bits per heavy atom. The molecule has 0 unspecified atom stereocenters. The van der Waals surface area contributed by atoms with E-state index in [2.05, 4.69) is 24.1 Å². The molecule has 0 saturated heterocycles. The topological polar surface area (TPSA) is 50.1 Å². The average molecular weight is 211 g/mol. The highest BCUT2D eigenvalue weighted by atomic mass is 16.3. The Kier molecular flexibility index (Phi) is 4.29. The van der Waals surface area contributed by atoms with Gasteiger partial charge in [-0.2, -0.15) is 0 Å². The van der Waals surface area contributed by atoms with Crippen LogP contribution in [0.4, 0.5) is 0 Å². The maximum atomic E-state index is 8.98. The highest BCUT2D eigenvalue weighted by Crippen LogP contribution is 2.14. The molecule has 1 rings (SSSR count). The van der Waals surface area contributed by atoms with Crippen LogP contribution in [0.25, 0.3) is 0 Å². The summed E-state index contributed by atoms with van der Waals surface area (Å²) in [5, 5.41) is 12.4. The minimum absolute atomic E-state index is 0.000694. The van der Waals surface area contributed by atoms with Gasteiger partial charge in [-0.15, -0.1) is 0 Å². The van der Waals surface area contributed by atoms with Gasteiger partial charge in [0, 0.05) is 31.6 Å². The molecule has 0 radical (unpaired) electrons. The summed E-state index contributed by atoms with van der Waals surface area (Å²) in [6, 6.07) is 0. The van der Waals surface area contributed by atoms with Gasteiger partial charge >= 0.3 is 0 Å². The number of aliphatic hydroxyl groups excluding tert-OH is 1. The molecule has 0 bridgehead atoms. The van der Waals surface area contributed by atoms with Gasteiger partial charge in [-0.25, -0.2) is 4.98 Å². The van der Waals surface area contributed by atoms with Crippen LogP contribution in [0, 0.1) is 0 Å². The molecule has 1 aromatic heterocycles. The van der Waals surface area contributed by atoms with Gasteiger partial charge in [0.1, 0.15) is 5.82 Å². The third-order valence-electron chi connectivity index (χ3n) is 3.04. The molecule has 0 aliphatic carbocycles. The number of aryl methyl sites for hydroxylation is 1. The number of aliphatic hydroxyl groups is 1. The van der Waals surface area contributed by atoms with E-state index in [-0.39, 0.29) is 12.1 Å². The molecule has 1 heterocycles. The summed E-state index contributed by atoms with van der Waals surface area (Å²) in [5.74, 6) is 1.02. The van der Waals surface area contributed by atoms with Crippen molar-refractivity contribution in [2.75, 3.05) is 6.61 Å². The molecule has 15 heavy (non-hydrogen) atoms. The molecule has 0 aliphatic rings. The first-order valence-corrected chi connectivity index (χ1v) is 5.43. The summed E-state index contributed by atoms with van der Waals surface area (Å²) in [7, 11) is 1.99. The molecule has 1 atom stereocenters. The van der Waals surface area contributed by atoms with Crippen LogP contribution in [0.1, 0.15) is 32.5 Å². The van der Waals surface area contributed by atoms with Crippen molar-refractivity contribution in [1.29, 1.82) is 0 Å². The molecule has 0 aliphatic heterocycles. The molecule has 0 aromatic carbocycles. The summed E-state index contributed by atoms with van der Waals surface area (Å²) in [6.45, 7) is 5.22. The number of aromatic nitrogens is 2. The van der Waals surface area contributed by atoms with E-state index in [0.29, 0.717) is 0 Å². The lowest BCUT2D eigenvalue weighted by molar-refractivity contribution is 0.213. The normalized spacial score (nSPS) is 15.2. The smallest absolute Gasteiger partial charge is 0.122 e. The lowest BCUT2D eigenvalue weighted by Crippen LogP contribution is -2.42. The molecule has 0 amide bonds. The summed E-state index contributed by atoms with van der Waals surface area (Å²) in [4.78, 5) is 4.25. The third-order valence-corrected chi connectivity index (χ3v) is 3.04. The Bertz CT molecular complexity index is 298. The van der Waals surface area contributed by atoms with E-state index in [0.717, 1.165) is 25.2 Å². The second-order valence-electron chi connectivity index (χ2n) is 4.20. The first kappa shape index (κ1) is 12.2. The average Bonchev–Trinajstić information content (AvgIpc) is 2.62. The molecular weight excluding hydrogens is 190 g/mol. The van der Waals surface area contributed by atoms with E-state index >= 15 is 0 Å². The lowest BCUT2D eigenvalue weighted by atomic mass is 9.95. The van der Waals surface area contributed by atoms with E-state index in [1.807, 2.05) is 17.8 Å². The zero-order chi connectivity index (χ0) is 11.3. The van der Waals surface area contributed by atoms with Crippen molar-refractivity contribution in [2.45, 2.75) is 38.8 Å². The van der Waals surface area contributed by atoms with E-state index in [1.165, 1.54) is 0 Å². The quantitative estimate of drug-likeness (QED) is 0.740. The number of imidazole rings is 1. The maximum absolute atomic E-state index is 8.98. The first-order chi connectivity index (χ1) is 7.11. The predicted molar refractivity (Wildman–Crippen MR) is 60.4 cm³/mol. The van der Waals surface area contributed by atoms with Crippen molar-refractivity contribution in [3.8, 4) is 0 Å². The van der Waals surface area contributed by atoms with E-state index in [4.69, 9.17) is 5.11 Å². The summed E-state index contributed by atoms with van der Waals surface area (Å²) >= 11 is 0. The van der Waals surface area contributed by atoms with Crippen LogP contribution in [0.5, 0.6) is 0 Å². The second kappa shape index (κ2) is 5.28. The van der Waals surface area contributed by atoms with E-state index in [9.17, 15) is 0 Å². The Morgan fingerprint density at radius 3 is 2.80 bits per heavy atom. The van der Waals surface area contributed by atoms with Gasteiger partial charge in [-0.3, -0.25) is 0 Å². The van der Waals surface area contributed by atoms with Gasteiger partial charge in [-0.1, -0.05) is 6.92 Å². The Morgan fingerprint density at radius 2 is 2.33 bits per heavy atom.